The SMILES string of the molecule is CCCCCCCCNCCCCS. The lowest BCUT2D eigenvalue weighted by Gasteiger charge is -2.03. The molecule has 0 bridgehead atoms. The van der Waals surface area contributed by atoms with E-state index in [-0.39, 0.29) is 0 Å². The minimum absolute atomic E-state index is 1.03. The summed E-state index contributed by atoms with van der Waals surface area (Å²) in [6, 6.07) is 0. The standard InChI is InChI=1S/C12H27NS/c1-2-3-4-5-6-7-10-13-11-8-9-12-14/h13-14H,2-12H2,1H3. The predicted molar refractivity (Wildman–Crippen MR) is 69.3 cm³/mol. The summed E-state index contributed by atoms with van der Waals surface area (Å²) < 4.78 is 0. The topological polar surface area (TPSA) is 12.0 Å². The summed E-state index contributed by atoms with van der Waals surface area (Å²) >= 11 is 4.18. The van der Waals surface area contributed by atoms with Crippen molar-refractivity contribution in [3.05, 3.63) is 0 Å². The first-order chi connectivity index (χ1) is 6.91. The molecule has 0 aromatic rings. The molecule has 86 valence electrons. The van der Waals surface area contributed by atoms with E-state index in [1.807, 2.05) is 0 Å². The van der Waals surface area contributed by atoms with Crippen LogP contribution in [0.3, 0.4) is 0 Å². The third-order valence-electron chi connectivity index (χ3n) is 2.47. The van der Waals surface area contributed by atoms with E-state index >= 15 is 0 Å². The van der Waals surface area contributed by atoms with E-state index < -0.39 is 0 Å². The summed E-state index contributed by atoms with van der Waals surface area (Å²) in [4.78, 5) is 0. The van der Waals surface area contributed by atoms with Crippen LogP contribution in [0.5, 0.6) is 0 Å². The molecule has 14 heavy (non-hydrogen) atoms. The lowest BCUT2D eigenvalue weighted by Crippen LogP contribution is -2.16. The number of hydrogen-bond donors (Lipinski definition) is 2. The van der Waals surface area contributed by atoms with Gasteiger partial charge in [0, 0.05) is 0 Å². The Kier molecular flexibility index (Phi) is 13.6. The lowest BCUT2D eigenvalue weighted by atomic mass is 10.1. The Morgan fingerprint density at radius 3 is 2.00 bits per heavy atom. The highest BCUT2D eigenvalue weighted by atomic mass is 32.1. The third-order valence-corrected chi connectivity index (χ3v) is 2.79. The second kappa shape index (κ2) is 13.3. The second-order valence-corrected chi connectivity index (χ2v) is 4.40. The highest BCUT2D eigenvalue weighted by Gasteiger charge is 1.90. The van der Waals surface area contributed by atoms with Crippen molar-refractivity contribution in [1.82, 2.24) is 5.32 Å². The smallest absolute Gasteiger partial charge is 0.00486 e. The van der Waals surface area contributed by atoms with Crippen LogP contribution in [0.15, 0.2) is 0 Å². The summed E-state index contributed by atoms with van der Waals surface area (Å²) in [5, 5.41) is 3.48. The Balaban J connectivity index is 2.78. The largest absolute Gasteiger partial charge is 0.317 e. The van der Waals surface area contributed by atoms with E-state index in [1.54, 1.807) is 0 Å². The van der Waals surface area contributed by atoms with Crippen molar-refractivity contribution < 1.29 is 0 Å². The molecule has 2 heteroatoms. The molecule has 0 aliphatic heterocycles. The quantitative estimate of drug-likeness (QED) is 0.398. The van der Waals surface area contributed by atoms with Gasteiger partial charge in [-0.25, -0.2) is 0 Å². The first-order valence-electron chi connectivity index (χ1n) is 6.23. The fraction of sp³-hybridized carbons (Fsp3) is 1.00. The molecule has 0 spiro atoms. The van der Waals surface area contributed by atoms with Crippen molar-refractivity contribution in [2.24, 2.45) is 0 Å². The van der Waals surface area contributed by atoms with Gasteiger partial charge in [0.2, 0.25) is 0 Å². The van der Waals surface area contributed by atoms with E-state index in [0.29, 0.717) is 0 Å². The first-order valence-corrected chi connectivity index (χ1v) is 6.86. The second-order valence-electron chi connectivity index (χ2n) is 3.95. The van der Waals surface area contributed by atoms with Gasteiger partial charge in [0.25, 0.3) is 0 Å². The van der Waals surface area contributed by atoms with Gasteiger partial charge in [-0.3, -0.25) is 0 Å². The zero-order chi connectivity index (χ0) is 10.5. The Hall–Kier alpha value is 0.310. The molecule has 0 rings (SSSR count). The Morgan fingerprint density at radius 1 is 0.786 bits per heavy atom. The molecule has 0 radical (unpaired) electrons. The van der Waals surface area contributed by atoms with Crippen LogP contribution in [0.2, 0.25) is 0 Å². The number of thiol groups is 1. The average molecular weight is 217 g/mol. The average Bonchev–Trinajstić information content (AvgIpc) is 2.21. The lowest BCUT2D eigenvalue weighted by molar-refractivity contribution is 0.564. The van der Waals surface area contributed by atoms with Gasteiger partial charge in [-0.15, -0.1) is 0 Å². The monoisotopic (exact) mass is 217 g/mol. The van der Waals surface area contributed by atoms with E-state index in [0.717, 1.165) is 5.75 Å². The maximum atomic E-state index is 4.18. The van der Waals surface area contributed by atoms with Crippen molar-refractivity contribution in [1.29, 1.82) is 0 Å². The van der Waals surface area contributed by atoms with Crippen molar-refractivity contribution in [2.45, 2.75) is 58.3 Å². The minimum Gasteiger partial charge on any atom is -0.317 e. The van der Waals surface area contributed by atoms with Crippen LogP contribution in [0, 0.1) is 0 Å². The molecule has 0 aliphatic rings. The molecular weight excluding hydrogens is 190 g/mol. The maximum Gasteiger partial charge on any atom is -0.00486 e. The van der Waals surface area contributed by atoms with Crippen LogP contribution in [0.1, 0.15) is 58.3 Å². The van der Waals surface area contributed by atoms with Gasteiger partial charge >= 0.3 is 0 Å². The third kappa shape index (κ3) is 12.3. The summed E-state index contributed by atoms with van der Waals surface area (Å²) in [6.45, 7) is 4.65. The van der Waals surface area contributed by atoms with Crippen LogP contribution in [-0.2, 0) is 0 Å². The minimum atomic E-state index is 1.03. The Morgan fingerprint density at radius 2 is 1.36 bits per heavy atom. The fourth-order valence-electron chi connectivity index (χ4n) is 1.52. The number of nitrogens with one attached hydrogen (secondary N) is 1. The molecule has 0 saturated heterocycles. The number of rotatable bonds is 11. The van der Waals surface area contributed by atoms with Crippen molar-refractivity contribution in [2.75, 3.05) is 18.8 Å². The maximum absolute atomic E-state index is 4.18. The molecular formula is C12H27NS. The number of unbranched alkanes of at least 4 members (excludes halogenated alkanes) is 6. The zero-order valence-corrected chi connectivity index (χ0v) is 10.6. The van der Waals surface area contributed by atoms with Gasteiger partial charge in [0.05, 0.1) is 0 Å². The normalized spacial score (nSPS) is 10.7. The Labute approximate surface area is 95.5 Å². The fourth-order valence-corrected chi connectivity index (χ4v) is 1.74. The summed E-state index contributed by atoms with van der Waals surface area (Å²) in [6.07, 6.45) is 10.9. The van der Waals surface area contributed by atoms with E-state index in [2.05, 4.69) is 24.9 Å². The van der Waals surface area contributed by atoms with Crippen LogP contribution in [0.25, 0.3) is 0 Å². The molecule has 1 N–H and O–H groups in total. The van der Waals surface area contributed by atoms with Crippen molar-refractivity contribution in [3.8, 4) is 0 Å². The van der Waals surface area contributed by atoms with Gasteiger partial charge in [-0.2, -0.15) is 12.6 Å². The molecule has 0 aromatic carbocycles. The first kappa shape index (κ1) is 14.3. The van der Waals surface area contributed by atoms with Gasteiger partial charge in [-0.1, -0.05) is 39.0 Å². The Bertz CT molecular complexity index is 84.3. The van der Waals surface area contributed by atoms with Crippen LogP contribution in [0.4, 0.5) is 0 Å². The van der Waals surface area contributed by atoms with Gasteiger partial charge < -0.3 is 5.32 Å². The summed E-state index contributed by atoms with van der Waals surface area (Å²) in [5.41, 5.74) is 0. The van der Waals surface area contributed by atoms with E-state index in [4.69, 9.17) is 0 Å². The highest BCUT2D eigenvalue weighted by molar-refractivity contribution is 7.80. The molecule has 1 nitrogen and oxygen atoms in total. The number of hydrogen-bond acceptors (Lipinski definition) is 2. The molecule has 0 atom stereocenters. The molecule has 0 unspecified atom stereocenters. The predicted octanol–water partition coefficient (Wildman–Crippen LogP) is 3.65. The van der Waals surface area contributed by atoms with Crippen LogP contribution < -0.4 is 5.32 Å². The highest BCUT2D eigenvalue weighted by Crippen LogP contribution is 2.03. The van der Waals surface area contributed by atoms with Gasteiger partial charge in [0.15, 0.2) is 0 Å². The summed E-state index contributed by atoms with van der Waals surface area (Å²) in [7, 11) is 0. The van der Waals surface area contributed by atoms with Crippen LogP contribution >= 0.6 is 12.6 Å². The van der Waals surface area contributed by atoms with Crippen LogP contribution in [-0.4, -0.2) is 18.8 Å². The van der Waals surface area contributed by atoms with Gasteiger partial charge in [0.1, 0.15) is 0 Å². The summed E-state index contributed by atoms with van der Waals surface area (Å²) in [5.74, 6) is 1.03. The molecule has 0 fully saturated rings. The molecule has 0 aromatic heterocycles. The molecule has 0 aliphatic carbocycles. The van der Waals surface area contributed by atoms with Crippen molar-refractivity contribution in [3.63, 3.8) is 0 Å². The molecule has 0 saturated carbocycles. The zero-order valence-electron chi connectivity index (χ0n) is 9.73. The van der Waals surface area contributed by atoms with E-state index in [1.165, 1.54) is 64.5 Å². The van der Waals surface area contributed by atoms with E-state index in [9.17, 15) is 0 Å². The molecule has 0 amide bonds. The van der Waals surface area contributed by atoms with Crippen molar-refractivity contribution >= 4 is 12.6 Å². The molecule has 0 heterocycles. The van der Waals surface area contributed by atoms with Gasteiger partial charge in [-0.05, 0) is 38.1 Å².